The Kier molecular flexibility index (Phi) is 8.52. The molecule has 0 radical (unpaired) electrons. The van der Waals surface area contributed by atoms with Gasteiger partial charge in [-0.25, -0.2) is 0 Å². The van der Waals surface area contributed by atoms with Gasteiger partial charge < -0.3 is 15.0 Å². The van der Waals surface area contributed by atoms with Crippen LogP contribution in [0.5, 0.6) is 5.75 Å². The quantitative estimate of drug-likeness (QED) is 0.660. The fraction of sp³-hybridized carbons (Fsp3) is 0.391. The van der Waals surface area contributed by atoms with Crippen molar-refractivity contribution in [1.29, 1.82) is 0 Å². The van der Waals surface area contributed by atoms with Crippen LogP contribution in [0.25, 0.3) is 0 Å². The summed E-state index contributed by atoms with van der Waals surface area (Å²) in [4.78, 5) is 27.1. The molecule has 0 saturated heterocycles. The van der Waals surface area contributed by atoms with Crippen LogP contribution in [0.15, 0.2) is 48.5 Å². The lowest BCUT2D eigenvalue weighted by Gasteiger charge is -2.29. The Labute approximate surface area is 178 Å². The molecule has 2 aromatic rings. The average Bonchev–Trinajstić information content (AvgIpc) is 2.72. The Hall–Kier alpha value is -2.53. The highest BCUT2D eigenvalue weighted by Gasteiger charge is 2.27. The number of halogens is 1. The number of benzene rings is 2. The van der Waals surface area contributed by atoms with Gasteiger partial charge in [-0.05, 0) is 57.0 Å². The molecule has 6 heteroatoms. The molecule has 1 N–H and O–H groups in total. The summed E-state index contributed by atoms with van der Waals surface area (Å²) in [6.07, 6.45) is 0.820. The highest BCUT2D eigenvalue weighted by molar-refractivity contribution is 6.30. The van der Waals surface area contributed by atoms with Crippen LogP contribution in [0, 0.1) is 6.92 Å². The fourth-order valence-corrected chi connectivity index (χ4v) is 2.82. The maximum Gasteiger partial charge on any atom is 0.261 e. The van der Waals surface area contributed by atoms with Crippen molar-refractivity contribution in [3.63, 3.8) is 0 Å². The van der Waals surface area contributed by atoms with Crippen LogP contribution in [0.3, 0.4) is 0 Å². The fourth-order valence-electron chi connectivity index (χ4n) is 2.70. The summed E-state index contributed by atoms with van der Waals surface area (Å²) in [5.74, 6) is 0.177. The number of carbonyl (C=O) groups is 2. The highest BCUT2D eigenvalue weighted by Crippen LogP contribution is 2.15. The lowest BCUT2D eigenvalue weighted by molar-refractivity contribution is -0.142. The Morgan fingerprint density at radius 3 is 2.28 bits per heavy atom. The molecule has 2 atom stereocenters. The molecule has 0 aliphatic heterocycles. The minimum absolute atomic E-state index is 0.0428. The highest BCUT2D eigenvalue weighted by atomic mass is 35.5. The van der Waals surface area contributed by atoms with Crippen molar-refractivity contribution in [2.45, 2.75) is 52.7 Å². The maximum atomic E-state index is 13.0. The maximum absolute atomic E-state index is 13.0. The van der Waals surface area contributed by atoms with Crippen LogP contribution in [-0.2, 0) is 16.1 Å². The molecule has 0 heterocycles. The second-order valence-electron chi connectivity index (χ2n) is 7.24. The molecule has 29 heavy (non-hydrogen) atoms. The van der Waals surface area contributed by atoms with Crippen LogP contribution in [0.4, 0.5) is 0 Å². The Morgan fingerprint density at radius 1 is 1.07 bits per heavy atom. The molecule has 0 aromatic heterocycles. The summed E-state index contributed by atoms with van der Waals surface area (Å²) in [5, 5.41) is 3.57. The molecule has 5 nitrogen and oxygen atoms in total. The first-order valence-corrected chi connectivity index (χ1v) is 10.2. The van der Waals surface area contributed by atoms with Gasteiger partial charge in [-0.2, -0.15) is 0 Å². The van der Waals surface area contributed by atoms with Gasteiger partial charge in [0.2, 0.25) is 5.91 Å². The number of aryl methyl sites for hydroxylation is 1. The van der Waals surface area contributed by atoms with Crippen molar-refractivity contribution in [1.82, 2.24) is 10.2 Å². The summed E-state index contributed by atoms with van der Waals surface area (Å²) in [6.45, 7) is 7.82. The average molecular weight is 417 g/mol. The number of carbonyl (C=O) groups excluding carboxylic acids is 2. The van der Waals surface area contributed by atoms with E-state index < -0.39 is 6.04 Å². The van der Waals surface area contributed by atoms with Gasteiger partial charge in [-0.1, -0.05) is 48.4 Å². The molecule has 2 aromatic carbocycles. The molecule has 0 unspecified atom stereocenters. The van der Waals surface area contributed by atoms with Crippen molar-refractivity contribution < 1.29 is 14.3 Å². The Morgan fingerprint density at radius 2 is 1.69 bits per heavy atom. The van der Waals surface area contributed by atoms with Gasteiger partial charge in [0.05, 0.1) is 0 Å². The molecule has 156 valence electrons. The number of nitrogens with zero attached hydrogens (tertiary/aromatic N) is 1. The van der Waals surface area contributed by atoms with E-state index in [0.29, 0.717) is 17.3 Å². The number of amides is 2. The number of hydrogen-bond donors (Lipinski definition) is 1. The van der Waals surface area contributed by atoms with Crippen molar-refractivity contribution in [2.75, 3.05) is 6.61 Å². The zero-order chi connectivity index (χ0) is 21.4. The van der Waals surface area contributed by atoms with Gasteiger partial charge >= 0.3 is 0 Å². The topological polar surface area (TPSA) is 58.6 Å². The second-order valence-corrected chi connectivity index (χ2v) is 7.68. The van der Waals surface area contributed by atoms with Gasteiger partial charge in [0.25, 0.3) is 5.91 Å². The van der Waals surface area contributed by atoms with Gasteiger partial charge in [0.15, 0.2) is 6.61 Å². The number of hydrogen-bond acceptors (Lipinski definition) is 3. The SMILES string of the molecule is CC[C@H](C)NC(=O)[C@H](C)N(Cc1ccc(Cl)cc1)C(=O)COc1ccc(C)cc1. The smallest absolute Gasteiger partial charge is 0.261 e. The number of nitrogens with one attached hydrogen (secondary N) is 1. The van der Waals surface area contributed by atoms with Crippen molar-refractivity contribution >= 4 is 23.4 Å². The summed E-state index contributed by atoms with van der Waals surface area (Å²) >= 11 is 5.96. The molecule has 0 aliphatic rings. The van der Waals surface area contributed by atoms with Crippen molar-refractivity contribution in [3.05, 3.63) is 64.7 Å². The lowest BCUT2D eigenvalue weighted by Crippen LogP contribution is -2.50. The van der Waals surface area contributed by atoms with E-state index in [1.54, 1.807) is 19.1 Å². The molecule has 0 fully saturated rings. The summed E-state index contributed by atoms with van der Waals surface area (Å²) < 4.78 is 5.65. The van der Waals surface area contributed by atoms with E-state index in [-0.39, 0.29) is 24.5 Å². The molecule has 0 bridgehead atoms. The third kappa shape index (κ3) is 7.09. The van der Waals surface area contributed by atoms with E-state index in [1.165, 1.54) is 4.90 Å². The first-order valence-electron chi connectivity index (χ1n) is 9.84. The standard InChI is InChI=1S/C23H29ClN2O3/c1-5-17(3)25-23(28)18(4)26(14-19-8-10-20(24)11-9-19)22(27)15-29-21-12-6-16(2)7-13-21/h6-13,17-18H,5,14-15H2,1-4H3,(H,25,28)/t17-,18-/m0/s1. The molecule has 2 rings (SSSR count). The zero-order valence-electron chi connectivity index (χ0n) is 17.4. The van der Waals surface area contributed by atoms with Crippen molar-refractivity contribution in [2.24, 2.45) is 0 Å². The van der Waals surface area contributed by atoms with E-state index >= 15 is 0 Å². The van der Waals surface area contributed by atoms with Gasteiger partial charge in [0, 0.05) is 17.6 Å². The van der Waals surface area contributed by atoms with E-state index in [9.17, 15) is 9.59 Å². The van der Waals surface area contributed by atoms with E-state index in [4.69, 9.17) is 16.3 Å². The van der Waals surface area contributed by atoms with E-state index in [0.717, 1.165) is 17.5 Å². The van der Waals surface area contributed by atoms with Crippen molar-refractivity contribution in [3.8, 4) is 5.75 Å². The molecule has 2 amide bonds. The van der Waals surface area contributed by atoms with E-state index in [2.05, 4.69) is 5.32 Å². The zero-order valence-corrected chi connectivity index (χ0v) is 18.2. The molecule has 0 spiro atoms. The predicted molar refractivity (Wildman–Crippen MR) is 116 cm³/mol. The normalized spacial score (nSPS) is 12.7. The minimum atomic E-state index is -0.631. The lowest BCUT2D eigenvalue weighted by atomic mass is 10.1. The Bertz CT molecular complexity index is 806. The number of rotatable bonds is 9. The first-order chi connectivity index (χ1) is 13.8. The van der Waals surface area contributed by atoms with Crippen LogP contribution in [0.1, 0.15) is 38.3 Å². The van der Waals surface area contributed by atoms with Crippen LogP contribution in [0.2, 0.25) is 5.02 Å². The summed E-state index contributed by atoms with van der Waals surface area (Å²) in [7, 11) is 0. The predicted octanol–water partition coefficient (Wildman–Crippen LogP) is 4.36. The van der Waals surface area contributed by atoms with E-state index in [1.807, 2.05) is 57.2 Å². The Balaban J connectivity index is 2.13. The third-order valence-corrected chi connectivity index (χ3v) is 5.07. The molecule has 0 aliphatic carbocycles. The molecular formula is C23H29ClN2O3. The number of ether oxygens (including phenoxy) is 1. The second kappa shape index (κ2) is 10.9. The van der Waals surface area contributed by atoms with Crippen LogP contribution >= 0.6 is 11.6 Å². The first kappa shape index (κ1) is 22.8. The summed E-state index contributed by atoms with van der Waals surface area (Å²) in [5.41, 5.74) is 2.00. The minimum Gasteiger partial charge on any atom is -0.484 e. The summed E-state index contributed by atoms with van der Waals surface area (Å²) in [6, 6.07) is 14.1. The molecule has 0 saturated carbocycles. The third-order valence-electron chi connectivity index (χ3n) is 4.82. The van der Waals surface area contributed by atoms with Crippen LogP contribution in [-0.4, -0.2) is 35.4 Å². The monoisotopic (exact) mass is 416 g/mol. The van der Waals surface area contributed by atoms with Gasteiger partial charge in [-0.15, -0.1) is 0 Å². The van der Waals surface area contributed by atoms with Crippen LogP contribution < -0.4 is 10.1 Å². The van der Waals surface area contributed by atoms with Gasteiger partial charge in [-0.3, -0.25) is 9.59 Å². The molecular weight excluding hydrogens is 388 g/mol. The largest absolute Gasteiger partial charge is 0.484 e. The van der Waals surface area contributed by atoms with Gasteiger partial charge in [0.1, 0.15) is 11.8 Å².